The Morgan fingerprint density at radius 1 is 1.25 bits per heavy atom. The lowest BCUT2D eigenvalue weighted by Crippen LogP contribution is -2.42. The van der Waals surface area contributed by atoms with Crippen LogP contribution in [0.5, 0.6) is 0 Å². The highest BCUT2D eigenvalue weighted by atomic mass is 35.5. The van der Waals surface area contributed by atoms with Crippen LogP contribution in [0, 0.1) is 0 Å². The average molecular weight is 241 g/mol. The maximum Gasteiger partial charge on any atom is 0.331 e. The van der Waals surface area contributed by atoms with Crippen molar-refractivity contribution in [3.05, 3.63) is 30.3 Å². The van der Waals surface area contributed by atoms with E-state index in [0.29, 0.717) is 6.54 Å². The summed E-state index contributed by atoms with van der Waals surface area (Å²) in [7, 11) is 1.35. The molecule has 0 saturated heterocycles. The SMILES string of the molecule is CCN(C(=O)N(C)C(=O)Cl)c1ccccc1. The number of anilines is 1. The number of hydrogen-bond acceptors (Lipinski definition) is 2. The summed E-state index contributed by atoms with van der Waals surface area (Å²) in [6.07, 6.45) is 0. The molecule has 0 bridgehead atoms. The minimum atomic E-state index is -0.792. The van der Waals surface area contributed by atoms with E-state index in [1.807, 2.05) is 25.1 Å². The molecule has 0 heterocycles. The normalized spacial score (nSPS) is 9.69. The Kier molecular flexibility index (Phi) is 4.31. The Balaban J connectivity index is 2.91. The summed E-state index contributed by atoms with van der Waals surface area (Å²) >= 11 is 5.25. The molecule has 0 aliphatic carbocycles. The van der Waals surface area contributed by atoms with Gasteiger partial charge in [-0.2, -0.15) is 0 Å². The van der Waals surface area contributed by atoms with E-state index in [9.17, 15) is 9.59 Å². The molecule has 0 unspecified atom stereocenters. The highest BCUT2D eigenvalue weighted by Crippen LogP contribution is 2.15. The van der Waals surface area contributed by atoms with Crippen LogP contribution in [0.15, 0.2) is 30.3 Å². The summed E-state index contributed by atoms with van der Waals surface area (Å²) in [5.41, 5.74) is 0.736. The van der Waals surface area contributed by atoms with E-state index >= 15 is 0 Å². The highest BCUT2D eigenvalue weighted by Gasteiger charge is 2.21. The standard InChI is InChI=1S/C11H13ClN2O2/c1-3-14(9-7-5-4-6-8-9)11(16)13(2)10(12)15/h4-8H,3H2,1-2H3. The molecule has 0 aliphatic heterocycles. The van der Waals surface area contributed by atoms with Crippen LogP contribution < -0.4 is 4.90 Å². The topological polar surface area (TPSA) is 40.6 Å². The van der Waals surface area contributed by atoms with Gasteiger partial charge in [0, 0.05) is 19.3 Å². The van der Waals surface area contributed by atoms with Crippen molar-refractivity contribution in [1.82, 2.24) is 4.90 Å². The Hall–Kier alpha value is -1.55. The van der Waals surface area contributed by atoms with E-state index in [1.54, 1.807) is 12.1 Å². The maximum absolute atomic E-state index is 11.9. The first-order chi connectivity index (χ1) is 7.57. The van der Waals surface area contributed by atoms with Crippen molar-refractivity contribution >= 4 is 28.7 Å². The van der Waals surface area contributed by atoms with Gasteiger partial charge in [0.2, 0.25) is 0 Å². The molecule has 0 aliphatic rings. The average Bonchev–Trinajstić information content (AvgIpc) is 2.30. The van der Waals surface area contributed by atoms with Crippen molar-refractivity contribution in [2.45, 2.75) is 6.92 Å². The zero-order valence-corrected chi connectivity index (χ0v) is 9.94. The Morgan fingerprint density at radius 3 is 2.25 bits per heavy atom. The molecule has 0 radical (unpaired) electrons. The fourth-order valence-electron chi connectivity index (χ4n) is 1.29. The number of benzene rings is 1. The number of nitrogens with zero attached hydrogens (tertiary/aromatic N) is 2. The van der Waals surface area contributed by atoms with E-state index in [-0.39, 0.29) is 0 Å². The van der Waals surface area contributed by atoms with Crippen LogP contribution in [0.2, 0.25) is 0 Å². The Morgan fingerprint density at radius 2 is 1.81 bits per heavy atom. The smallest absolute Gasteiger partial charge is 0.294 e. The molecular formula is C11H13ClN2O2. The van der Waals surface area contributed by atoms with Gasteiger partial charge >= 0.3 is 11.4 Å². The van der Waals surface area contributed by atoms with Crippen LogP contribution >= 0.6 is 11.6 Å². The largest absolute Gasteiger partial charge is 0.331 e. The number of rotatable bonds is 2. The summed E-state index contributed by atoms with van der Waals surface area (Å²) in [5, 5.41) is -0.792. The number of carbonyl (C=O) groups excluding carboxylic acids is 2. The molecule has 86 valence electrons. The fraction of sp³-hybridized carbons (Fsp3) is 0.273. The predicted molar refractivity (Wildman–Crippen MR) is 63.9 cm³/mol. The molecule has 4 nitrogen and oxygen atoms in total. The van der Waals surface area contributed by atoms with Crippen LogP contribution in [-0.2, 0) is 0 Å². The van der Waals surface area contributed by atoms with E-state index in [2.05, 4.69) is 0 Å². The van der Waals surface area contributed by atoms with E-state index in [0.717, 1.165) is 10.6 Å². The molecule has 0 spiro atoms. The second-order valence-corrected chi connectivity index (χ2v) is 3.50. The summed E-state index contributed by atoms with van der Waals surface area (Å²) < 4.78 is 0. The maximum atomic E-state index is 11.9. The predicted octanol–water partition coefficient (Wildman–Crippen LogP) is 2.92. The first kappa shape index (κ1) is 12.5. The summed E-state index contributed by atoms with van der Waals surface area (Å²) in [4.78, 5) is 25.1. The first-order valence-corrected chi connectivity index (χ1v) is 5.25. The second-order valence-electron chi connectivity index (χ2n) is 3.17. The highest BCUT2D eigenvalue weighted by molar-refractivity contribution is 6.64. The zero-order valence-electron chi connectivity index (χ0n) is 9.18. The molecule has 1 aromatic carbocycles. The number of imide groups is 1. The molecule has 0 aromatic heterocycles. The van der Waals surface area contributed by atoms with Gasteiger partial charge in [-0.05, 0) is 30.7 Å². The van der Waals surface area contributed by atoms with E-state index < -0.39 is 11.4 Å². The van der Waals surface area contributed by atoms with Crippen molar-refractivity contribution < 1.29 is 9.59 Å². The minimum absolute atomic E-state index is 0.436. The lowest BCUT2D eigenvalue weighted by Gasteiger charge is -2.24. The van der Waals surface area contributed by atoms with Gasteiger partial charge in [-0.25, -0.2) is 4.79 Å². The fourth-order valence-corrected chi connectivity index (χ4v) is 1.36. The molecule has 1 rings (SSSR count). The van der Waals surface area contributed by atoms with Crippen molar-refractivity contribution in [3.8, 4) is 0 Å². The van der Waals surface area contributed by atoms with Crippen molar-refractivity contribution in [3.63, 3.8) is 0 Å². The number of halogens is 1. The van der Waals surface area contributed by atoms with Gasteiger partial charge in [0.05, 0.1) is 0 Å². The second kappa shape index (κ2) is 5.51. The molecule has 1 aromatic rings. The van der Waals surface area contributed by atoms with Gasteiger partial charge in [0.1, 0.15) is 0 Å². The van der Waals surface area contributed by atoms with Crippen LogP contribution in [0.4, 0.5) is 15.3 Å². The summed E-state index contributed by atoms with van der Waals surface area (Å²) in [5.74, 6) is 0. The lowest BCUT2D eigenvalue weighted by atomic mass is 10.3. The van der Waals surface area contributed by atoms with Crippen LogP contribution in [-0.4, -0.2) is 29.9 Å². The van der Waals surface area contributed by atoms with Gasteiger partial charge in [0.25, 0.3) is 0 Å². The quantitative estimate of drug-likeness (QED) is 0.589. The molecule has 0 fully saturated rings. The van der Waals surface area contributed by atoms with Gasteiger partial charge in [-0.1, -0.05) is 18.2 Å². The van der Waals surface area contributed by atoms with Gasteiger partial charge in [-0.3, -0.25) is 14.6 Å². The van der Waals surface area contributed by atoms with E-state index in [1.165, 1.54) is 11.9 Å². The molecule has 0 saturated carbocycles. The minimum Gasteiger partial charge on any atom is -0.294 e. The monoisotopic (exact) mass is 240 g/mol. The number of urea groups is 1. The van der Waals surface area contributed by atoms with Crippen LogP contribution in [0.1, 0.15) is 6.92 Å². The van der Waals surface area contributed by atoms with Crippen molar-refractivity contribution in [1.29, 1.82) is 0 Å². The third kappa shape index (κ3) is 2.73. The molecule has 0 N–H and O–H groups in total. The Labute approximate surface area is 99.4 Å². The lowest BCUT2D eigenvalue weighted by molar-refractivity contribution is 0.211. The summed E-state index contributed by atoms with van der Waals surface area (Å²) in [6.45, 7) is 2.30. The van der Waals surface area contributed by atoms with Crippen LogP contribution in [0.25, 0.3) is 0 Å². The van der Waals surface area contributed by atoms with E-state index in [4.69, 9.17) is 11.6 Å². The molecule has 16 heavy (non-hydrogen) atoms. The third-order valence-electron chi connectivity index (χ3n) is 2.17. The van der Waals surface area contributed by atoms with Crippen LogP contribution in [0.3, 0.4) is 0 Å². The molecule has 3 amide bonds. The number of carbonyl (C=O) groups is 2. The molecule has 0 atom stereocenters. The summed E-state index contributed by atoms with van der Waals surface area (Å²) in [6, 6.07) is 8.68. The zero-order chi connectivity index (χ0) is 12.1. The Bertz CT molecular complexity index is 381. The number of hydrogen-bond donors (Lipinski definition) is 0. The van der Waals surface area contributed by atoms with Gasteiger partial charge in [-0.15, -0.1) is 0 Å². The van der Waals surface area contributed by atoms with Crippen molar-refractivity contribution in [2.75, 3.05) is 18.5 Å². The van der Waals surface area contributed by atoms with Crippen molar-refractivity contribution in [2.24, 2.45) is 0 Å². The number of para-hydroxylation sites is 1. The van der Waals surface area contributed by atoms with Gasteiger partial charge < -0.3 is 0 Å². The third-order valence-corrected chi connectivity index (χ3v) is 2.42. The molecule has 5 heteroatoms. The first-order valence-electron chi connectivity index (χ1n) is 4.87. The number of amides is 3. The molecular weight excluding hydrogens is 228 g/mol. The van der Waals surface area contributed by atoms with Gasteiger partial charge in [0.15, 0.2) is 0 Å².